The van der Waals surface area contributed by atoms with Crippen molar-refractivity contribution in [2.24, 2.45) is 0 Å². The Balaban J connectivity index is 2.00. The van der Waals surface area contributed by atoms with Crippen LogP contribution in [0.15, 0.2) is 115 Å². The molecule has 0 saturated heterocycles. The average Bonchev–Trinajstić information content (AvgIpc) is 2.91. The van der Waals surface area contributed by atoms with Gasteiger partial charge in [0.05, 0.1) is 0 Å². The third kappa shape index (κ3) is 6.32. The van der Waals surface area contributed by atoms with Gasteiger partial charge in [0, 0.05) is 5.92 Å². The minimum absolute atomic E-state index is 0.0735. The van der Waals surface area contributed by atoms with Gasteiger partial charge in [-0.15, -0.1) is 0 Å². The smallest absolute Gasteiger partial charge is 0.0345 e. The van der Waals surface area contributed by atoms with Crippen LogP contribution in [0.4, 0.5) is 0 Å². The van der Waals surface area contributed by atoms with Crippen molar-refractivity contribution in [3.8, 4) is 0 Å². The van der Waals surface area contributed by atoms with Crippen molar-refractivity contribution in [1.29, 1.82) is 0 Å². The second kappa shape index (κ2) is 12.6. The van der Waals surface area contributed by atoms with E-state index in [1.807, 2.05) is 0 Å². The van der Waals surface area contributed by atoms with E-state index in [2.05, 4.69) is 150 Å². The minimum atomic E-state index is 0.0735. The van der Waals surface area contributed by atoms with Crippen LogP contribution in [0.1, 0.15) is 77.1 Å². The van der Waals surface area contributed by atoms with Gasteiger partial charge >= 0.3 is 0 Å². The predicted molar refractivity (Wildman–Crippen MR) is 168 cm³/mol. The molecule has 192 valence electrons. The maximum absolute atomic E-state index is 4.47. The summed E-state index contributed by atoms with van der Waals surface area (Å²) in [5.41, 5.74) is 13.8. The lowest BCUT2D eigenvalue weighted by molar-refractivity contribution is 0.943. The number of rotatable bonds is 8. The molecule has 0 heterocycles. The first-order chi connectivity index (χ1) is 18.4. The Morgan fingerprint density at radius 2 is 1.61 bits per heavy atom. The molecule has 0 amide bonds. The maximum Gasteiger partial charge on any atom is 0.0345 e. The molecule has 0 heteroatoms. The summed E-state index contributed by atoms with van der Waals surface area (Å²) in [5.74, 6) is 0.0735. The molecule has 38 heavy (non-hydrogen) atoms. The predicted octanol–water partition coefficient (Wildman–Crippen LogP) is 10.7. The van der Waals surface area contributed by atoms with E-state index in [0.29, 0.717) is 0 Å². The largest absolute Gasteiger partial charge is 0.0911 e. The number of hydrogen-bond donors (Lipinski definition) is 0. The van der Waals surface area contributed by atoms with Crippen molar-refractivity contribution >= 4 is 17.2 Å². The van der Waals surface area contributed by atoms with Crippen LogP contribution in [0.25, 0.3) is 17.2 Å². The Morgan fingerprint density at radius 1 is 0.868 bits per heavy atom. The topological polar surface area (TPSA) is 0 Å². The Hall–Kier alpha value is -3.90. The van der Waals surface area contributed by atoms with Gasteiger partial charge < -0.3 is 0 Å². The molecule has 0 radical (unpaired) electrons. The molecule has 1 atom stereocenters. The normalized spacial score (nSPS) is 14.8. The van der Waals surface area contributed by atoms with E-state index in [0.717, 1.165) is 24.0 Å². The van der Waals surface area contributed by atoms with Gasteiger partial charge in [0.1, 0.15) is 0 Å². The van der Waals surface area contributed by atoms with E-state index < -0.39 is 0 Å². The molecule has 0 fully saturated rings. The van der Waals surface area contributed by atoms with E-state index in [1.54, 1.807) is 0 Å². The highest BCUT2D eigenvalue weighted by atomic mass is 14.3. The van der Waals surface area contributed by atoms with Gasteiger partial charge in [0.15, 0.2) is 0 Å². The van der Waals surface area contributed by atoms with E-state index in [-0.39, 0.29) is 5.92 Å². The fourth-order valence-corrected chi connectivity index (χ4v) is 5.66. The van der Waals surface area contributed by atoms with Crippen LogP contribution in [0.3, 0.4) is 0 Å². The summed E-state index contributed by atoms with van der Waals surface area (Å²) in [5, 5.41) is 0. The molecule has 4 rings (SSSR count). The maximum atomic E-state index is 4.47. The van der Waals surface area contributed by atoms with Crippen molar-refractivity contribution in [3.63, 3.8) is 0 Å². The molecule has 3 aromatic carbocycles. The molecule has 0 spiro atoms. The van der Waals surface area contributed by atoms with Gasteiger partial charge in [-0.1, -0.05) is 115 Å². The molecule has 1 aliphatic rings. The number of allylic oxidation sites excluding steroid dienone is 10. The molecule has 0 nitrogen and oxygen atoms in total. The minimum Gasteiger partial charge on any atom is -0.0911 e. The molecule has 1 unspecified atom stereocenters. The summed E-state index contributed by atoms with van der Waals surface area (Å²) in [4.78, 5) is 0. The molecule has 0 saturated carbocycles. The second-order valence-corrected chi connectivity index (χ2v) is 10.3. The SMILES string of the molecule is C=C(/C=C(\C=CC)C(c1cc(C=CC)cc(C2=CCCC=C2)c1)c1c(C)cc(C)cc1C)c1ccccc1. The van der Waals surface area contributed by atoms with Gasteiger partial charge in [-0.2, -0.15) is 0 Å². The van der Waals surface area contributed by atoms with Crippen molar-refractivity contribution < 1.29 is 0 Å². The van der Waals surface area contributed by atoms with Crippen molar-refractivity contribution in [1.82, 2.24) is 0 Å². The molecule has 0 bridgehead atoms. The number of aryl methyl sites for hydroxylation is 3. The number of hydrogen-bond acceptors (Lipinski definition) is 0. The summed E-state index contributed by atoms with van der Waals surface area (Å²) in [6.07, 6.45) is 20.2. The van der Waals surface area contributed by atoms with E-state index in [1.165, 1.54) is 50.1 Å². The Bertz CT molecular complexity index is 1430. The van der Waals surface area contributed by atoms with Gasteiger partial charge in [-0.3, -0.25) is 0 Å². The first-order valence-corrected chi connectivity index (χ1v) is 13.7. The van der Waals surface area contributed by atoms with Crippen LogP contribution in [-0.4, -0.2) is 0 Å². The first-order valence-electron chi connectivity index (χ1n) is 13.7. The highest BCUT2D eigenvalue weighted by Gasteiger charge is 2.23. The monoisotopic (exact) mass is 496 g/mol. The Kier molecular flexibility index (Phi) is 8.98. The van der Waals surface area contributed by atoms with Gasteiger partial charge in [0.25, 0.3) is 0 Å². The van der Waals surface area contributed by atoms with Crippen LogP contribution >= 0.6 is 0 Å². The van der Waals surface area contributed by atoms with Crippen molar-refractivity contribution in [2.75, 3.05) is 0 Å². The van der Waals surface area contributed by atoms with Crippen LogP contribution in [0.5, 0.6) is 0 Å². The lowest BCUT2D eigenvalue weighted by atomic mass is 9.77. The van der Waals surface area contributed by atoms with Crippen LogP contribution < -0.4 is 0 Å². The van der Waals surface area contributed by atoms with Gasteiger partial charge in [-0.25, -0.2) is 0 Å². The standard InChI is InChI=1S/C38H40/c1-7-15-31-24-35(33-19-13-10-14-20-33)26-36(25-31)38(37-29(5)21-27(3)22-30(37)6)34(16-8-2)23-28(4)32-17-11-9-12-18-32/h7-9,11-13,15-26,38H,4,10,14H2,1-3,5-6H3/b15-7?,16-8?,34-23+. The molecular formula is C38H40. The number of benzene rings is 3. The van der Waals surface area contributed by atoms with Crippen LogP contribution in [0, 0.1) is 20.8 Å². The average molecular weight is 497 g/mol. The van der Waals surface area contributed by atoms with Gasteiger partial charge in [-0.05, 0) is 109 Å². The highest BCUT2D eigenvalue weighted by molar-refractivity contribution is 5.78. The quantitative estimate of drug-likeness (QED) is 0.272. The highest BCUT2D eigenvalue weighted by Crippen LogP contribution is 2.40. The fraction of sp³-hybridized carbons (Fsp3) is 0.211. The molecule has 3 aromatic rings. The Labute approximate surface area is 230 Å². The third-order valence-electron chi connectivity index (χ3n) is 7.20. The molecule has 1 aliphatic carbocycles. The first kappa shape index (κ1) is 27.1. The zero-order valence-corrected chi connectivity index (χ0v) is 23.6. The molecule has 0 aromatic heterocycles. The van der Waals surface area contributed by atoms with E-state index >= 15 is 0 Å². The summed E-state index contributed by atoms with van der Waals surface area (Å²) < 4.78 is 0. The molecular weight excluding hydrogens is 456 g/mol. The van der Waals surface area contributed by atoms with Crippen molar-refractivity contribution in [3.05, 3.63) is 160 Å². The summed E-state index contributed by atoms with van der Waals surface area (Å²) in [6, 6.07) is 22.2. The Morgan fingerprint density at radius 3 is 2.24 bits per heavy atom. The second-order valence-electron chi connectivity index (χ2n) is 10.3. The molecule has 0 aliphatic heterocycles. The lowest BCUT2D eigenvalue weighted by Gasteiger charge is -2.26. The van der Waals surface area contributed by atoms with E-state index in [4.69, 9.17) is 0 Å². The van der Waals surface area contributed by atoms with Crippen LogP contribution in [0.2, 0.25) is 0 Å². The summed E-state index contributed by atoms with van der Waals surface area (Å²) in [6.45, 7) is 15.4. The van der Waals surface area contributed by atoms with Crippen LogP contribution in [-0.2, 0) is 0 Å². The molecule has 0 N–H and O–H groups in total. The zero-order valence-electron chi connectivity index (χ0n) is 23.6. The van der Waals surface area contributed by atoms with Crippen molar-refractivity contribution in [2.45, 2.75) is 53.4 Å². The summed E-state index contributed by atoms with van der Waals surface area (Å²) in [7, 11) is 0. The van der Waals surface area contributed by atoms with E-state index in [9.17, 15) is 0 Å². The lowest BCUT2D eigenvalue weighted by Crippen LogP contribution is -2.10. The third-order valence-corrected chi connectivity index (χ3v) is 7.20. The van der Waals surface area contributed by atoms with Gasteiger partial charge in [0.2, 0.25) is 0 Å². The fourth-order valence-electron chi connectivity index (χ4n) is 5.66. The zero-order chi connectivity index (χ0) is 27.1. The summed E-state index contributed by atoms with van der Waals surface area (Å²) >= 11 is 0.